The van der Waals surface area contributed by atoms with Crippen molar-refractivity contribution in [2.24, 2.45) is 5.73 Å². The van der Waals surface area contributed by atoms with Crippen LogP contribution in [0.25, 0.3) is 10.4 Å². The van der Waals surface area contributed by atoms with Crippen molar-refractivity contribution < 1.29 is 4.79 Å². The van der Waals surface area contributed by atoms with Gasteiger partial charge in [0.05, 0.1) is 5.56 Å². The Labute approximate surface area is 159 Å². The molecule has 0 aliphatic rings. The van der Waals surface area contributed by atoms with Gasteiger partial charge in [-0.3, -0.25) is 4.79 Å². The van der Waals surface area contributed by atoms with Crippen LogP contribution < -0.4 is 16.4 Å². The van der Waals surface area contributed by atoms with Gasteiger partial charge in [-0.25, -0.2) is 0 Å². The number of amides is 1. The van der Waals surface area contributed by atoms with Crippen LogP contribution in [-0.2, 0) is 0 Å². The number of carbonyl (C=O) groups excluding carboxylic acids is 1. The molecule has 0 aliphatic heterocycles. The van der Waals surface area contributed by atoms with E-state index in [9.17, 15) is 4.79 Å². The van der Waals surface area contributed by atoms with E-state index in [-0.39, 0.29) is 0 Å². The second kappa shape index (κ2) is 7.65. The minimum absolute atomic E-state index is 0.367. The highest BCUT2D eigenvalue weighted by atomic mass is 35.5. The second-order valence-electron chi connectivity index (χ2n) is 5.17. The summed E-state index contributed by atoms with van der Waals surface area (Å²) in [4.78, 5) is 12.7. The fourth-order valence-electron chi connectivity index (χ4n) is 2.21. The number of anilines is 2. The highest BCUT2D eigenvalue weighted by Gasteiger charge is 2.15. The molecule has 126 valence electrons. The molecule has 0 unspecified atom stereocenters. The molecule has 3 rings (SSSR count). The van der Waals surface area contributed by atoms with Gasteiger partial charge < -0.3 is 16.4 Å². The smallest absolute Gasteiger partial charge is 0.251 e. The summed E-state index contributed by atoms with van der Waals surface area (Å²) in [5.74, 6) is -0.504. The highest BCUT2D eigenvalue weighted by molar-refractivity contribution is 7.80. The van der Waals surface area contributed by atoms with Gasteiger partial charge in [-0.2, -0.15) is 0 Å². The summed E-state index contributed by atoms with van der Waals surface area (Å²) < 4.78 is 0. The number of halogens is 1. The average molecular weight is 388 g/mol. The van der Waals surface area contributed by atoms with E-state index in [1.165, 1.54) is 11.3 Å². The molecule has 0 aliphatic carbocycles. The SMILES string of the molecule is NC(=O)c1cc(-c2ccccc2)sc1NC(=S)Nc1ccc(Cl)cc1. The molecule has 0 saturated carbocycles. The van der Waals surface area contributed by atoms with E-state index in [4.69, 9.17) is 29.6 Å². The van der Waals surface area contributed by atoms with E-state index >= 15 is 0 Å². The number of hydrogen-bond donors (Lipinski definition) is 3. The van der Waals surface area contributed by atoms with Gasteiger partial charge in [0.15, 0.2) is 5.11 Å². The number of nitrogens with two attached hydrogens (primary N) is 1. The molecule has 1 heterocycles. The van der Waals surface area contributed by atoms with E-state index in [0.717, 1.165) is 16.1 Å². The number of thiophene rings is 1. The Bertz CT molecular complexity index is 908. The van der Waals surface area contributed by atoms with Crippen LogP contribution in [-0.4, -0.2) is 11.0 Å². The van der Waals surface area contributed by atoms with Gasteiger partial charge in [-0.15, -0.1) is 11.3 Å². The average Bonchev–Trinajstić information content (AvgIpc) is 3.02. The van der Waals surface area contributed by atoms with Crippen molar-refractivity contribution in [3.8, 4) is 10.4 Å². The molecular weight excluding hydrogens is 374 g/mol. The Hall–Kier alpha value is -2.41. The molecular formula is C18H14ClN3OS2. The fourth-order valence-corrected chi connectivity index (χ4v) is 3.69. The third kappa shape index (κ3) is 4.36. The lowest BCUT2D eigenvalue weighted by molar-refractivity contribution is 0.100. The number of rotatable bonds is 4. The first-order valence-corrected chi connectivity index (χ1v) is 8.96. The first kappa shape index (κ1) is 17.4. The molecule has 0 fully saturated rings. The molecule has 0 spiro atoms. The Morgan fingerprint density at radius 1 is 1.04 bits per heavy atom. The lowest BCUT2D eigenvalue weighted by atomic mass is 10.1. The van der Waals surface area contributed by atoms with Gasteiger partial charge in [-0.1, -0.05) is 41.9 Å². The zero-order valence-corrected chi connectivity index (χ0v) is 15.3. The predicted molar refractivity (Wildman–Crippen MR) is 110 cm³/mol. The summed E-state index contributed by atoms with van der Waals surface area (Å²) in [5.41, 5.74) is 7.71. The third-order valence-electron chi connectivity index (χ3n) is 3.38. The molecule has 4 nitrogen and oxygen atoms in total. The van der Waals surface area contributed by atoms with Crippen LogP contribution in [0.2, 0.25) is 5.02 Å². The van der Waals surface area contributed by atoms with Crippen molar-refractivity contribution in [3.63, 3.8) is 0 Å². The normalized spacial score (nSPS) is 10.3. The molecule has 0 bridgehead atoms. The fraction of sp³-hybridized carbons (Fsp3) is 0. The Kier molecular flexibility index (Phi) is 5.33. The van der Waals surface area contributed by atoms with E-state index in [2.05, 4.69) is 10.6 Å². The summed E-state index contributed by atoms with van der Waals surface area (Å²) in [5, 5.41) is 7.72. The van der Waals surface area contributed by atoms with Gasteiger partial charge in [0.25, 0.3) is 5.91 Å². The largest absolute Gasteiger partial charge is 0.366 e. The summed E-state index contributed by atoms with van der Waals surface area (Å²) in [6.07, 6.45) is 0. The van der Waals surface area contributed by atoms with Gasteiger partial charge in [0, 0.05) is 15.6 Å². The molecule has 4 N–H and O–H groups in total. The summed E-state index contributed by atoms with van der Waals surface area (Å²) in [7, 11) is 0. The van der Waals surface area contributed by atoms with Gasteiger partial charge in [0.2, 0.25) is 0 Å². The van der Waals surface area contributed by atoms with Gasteiger partial charge in [0.1, 0.15) is 5.00 Å². The lowest BCUT2D eigenvalue weighted by Gasteiger charge is -2.10. The van der Waals surface area contributed by atoms with Crippen LogP contribution in [0.15, 0.2) is 60.7 Å². The maximum atomic E-state index is 11.8. The van der Waals surface area contributed by atoms with E-state index in [1.54, 1.807) is 18.2 Å². The zero-order valence-electron chi connectivity index (χ0n) is 13.0. The van der Waals surface area contributed by atoms with Gasteiger partial charge in [-0.05, 0) is 48.1 Å². The molecule has 3 aromatic rings. The van der Waals surface area contributed by atoms with E-state index in [1.807, 2.05) is 42.5 Å². The number of nitrogens with one attached hydrogen (secondary N) is 2. The maximum Gasteiger partial charge on any atom is 0.251 e. The van der Waals surface area contributed by atoms with E-state index < -0.39 is 5.91 Å². The van der Waals surface area contributed by atoms with Crippen molar-refractivity contribution in [1.82, 2.24) is 0 Å². The number of thiocarbonyl (C=S) groups is 1. The van der Waals surface area contributed by atoms with Gasteiger partial charge >= 0.3 is 0 Å². The Morgan fingerprint density at radius 2 is 1.72 bits per heavy atom. The molecule has 0 atom stereocenters. The number of benzene rings is 2. The zero-order chi connectivity index (χ0) is 17.8. The van der Waals surface area contributed by atoms with Crippen molar-refractivity contribution in [2.45, 2.75) is 0 Å². The topological polar surface area (TPSA) is 67.2 Å². The second-order valence-corrected chi connectivity index (χ2v) is 7.07. The summed E-state index contributed by atoms with van der Waals surface area (Å²) in [6, 6.07) is 18.7. The molecule has 0 saturated heterocycles. The number of carbonyl (C=O) groups is 1. The number of hydrogen-bond acceptors (Lipinski definition) is 3. The Morgan fingerprint density at radius 3 is 2.36 bits per heavy atom. The minimum Gasteiger partial charge on any atom is -0.366 e. The minimum atomic E-state index is -0.504. The van der Waals surface area contributed by atoms with Crippen molar-refractivity contribution >= 4 is 56.9 Å². The van der Waals surface area contributed by atoms with Crippen LogP contribution in [0, 0.1) is 0 Å². The predicted octanol–water partition coefficient (Wildman–Crippen LogP) is 4.98. The monoisotopic (exact) mass is 387 g/mol. The van der Waals surface area contributed by atoms with Crippen molar-refractivity contribution in [3.05, 3.63) is 71.2 Å². The molecule has 0 radical (unpaired) electrons. The molecule has 1 amide bonds. The maximum absolute atomic E-state index is 11.8. The standard InChI is InChI=1S/C18H14ClN3OS2/c19-12-6-8-13(9-7-12)21-18(24)22-17-14(16(20)23)10-15(25-17)11-4-2-1-3-5-11/h1-10H,(H2,20,23)(H2,21,22,24). The molecule has 2 aromatic carbocycles. The highest BCUT2D eigenvalue weighted by Crippen LogP contribution is 2.35. The molecule has 25 heavy (non-hydrogen) atoms. The van der Waals surface area contributed by atoms with E-state index in [0.29, 0.717) is 20.7 Å². The third-order valence-corrected chi connectivity index (χ3v) is 4.94. The quantitative estimate of drug-likeness (QED) is 0.552. The lowest BCUT2D eigenvalue weighted by Crippen LogP contribution is -2.21. The first-order chi connectivity index (χ1) is 12.0. The van der Waals surface area contributed by atoms with Crippen LogP contribution in [0.3, 0.4) is 0 Å². The van der Waals surface area contributed by atoms with Crippen LogP contribution in [0.5, 0.6) is 0 Å². The molecule has 1 aromatic heterocycles. The summed E-state index contributed by atoms with van der Waals surface area (Å²) in [6.45, 7) is 0. The van der Waals surface area contributed by atoms with Crippen molar-refractivity contribution in [2.75, 3.05) is 10.6 Å². The van der Waals surface area contributed by atoms with Crippen molar-refractivity contribution in [1.29, 1.82) is 0 Å². The summed E-state index contributed by atoms with van der Waals surface area (Å²) >= 11 is 12.6. The van der Waals surface area contributed by atoms with Crippen LogP contribution in [0.1, 0.15) is 10.4 Å². The molecule has 7 heteroatoms. The Balaban J connectivity index is 1.81. The van der Waals surface area contributed by atoms with Crippen LogP contribution >= 0.6 is 35.2 Å². The first-order valence-electron chi connectivity index (χ1n) is 7.35. The number of primary amides is 1. The van der Waals surface area contributed by atoms with Crippen LogP contribution in [0.4, 0.5) is 10.7 Å².